The van der Waals surface area contributed by atoms with Gasteiger partial charge in [-0.25, -0.2) is 0 Å². The molecule has 0 aromatic carbocycles. The first-order valence-corrected chi connectivity index (χ1v) is 17.3. The summed E-state index contributed by atoms with van der Waals surface area (Å²) in [5.74, 6) is -1.04. The molecule has 4 aliphatic rings. The second kappa shape index (κ2) is 16.0. The van der Waals surface area contributed by atoms with E-state index in [9.17, 15) is 30.6 Å². The molecule has 13 nitrogen and oxygen atoms in total. The second-order valence-electron chi connectivity index (χ2n) is 14.2. The van der Waals surface area contributed by atoms with Crippen molar-refractivity contribution in [2.24, 2.45) is 23.7 Å². The third kappa shape index (κ3) is 7.62. The maximum Gasteiger partial charge on any atom is 0.187 e. The van der Waals surface area contributed by atoms with Gasteiger partial charge in [0.25, 0.3) is 0 Å². The minimum Gasteiger partial charge on any atom is -0.390 e. The molecule has 0 spiro atoms. The summed E-state index contributed by atoms with van der Waals surface area (Å²) in [6.45, 7) is 17.0. The van der Waals surface area contributed by atoms with Crippen molar-refractivity contribution in [2.45, 2.75) is 186 Å². The van der Waals surface area contributed by atoms with E-state index >= 15 is 0 Å². The largest absolute Gasteiger partial charge is 0.390 e. The average Bonchev–Trinajstić information content (AvgIpc) is 3.03. The van der Waals surface area contributed by atoms with E-state index in [0.29, 0.717) is 19.3 Å². The summed E-state index contributed by atoms with van der Waals surface area (Å²) >= 11 is 0. The minimum atomic E-state index is -1.52. The molecule has 4 heterocycles. The summed E-state index contributed by atoms with van der Waals surface area (Å²) in [5.41, 5.74) is 0. The van der Waals surface area contributed by atoms with Crippen LogP contribution in [0.25, 0.3) is 0 Å². The summed E-state index contributed by atoms with van der Waals surface area (Å²) < 4.78 is 43.5. The Morgan fingerprint density at radius 2 is 0.870 bits per heavy atom. The van der Waals surface area contributed by atoms with Crippen LogP contribution >= 0.6 is 0 Å². The zero-order valence-electron chi connectivity index (χ0n) is 28.8. The van der Waals surface area contributed by atoms with Crippen LogP contribution in [0, 0.1) is 23.7 Å². The minimum absolute atomic E-state index is 0.0932. The predicted molar refractivity (Wildman–Crippen MR) is 164 cm³/mol. The van der Waals surface area contributed by atoms with Crippen molar-refractivity contribution >= 4 is 0 Å². The van der Waals surface area contributed by atoms with Gasteiger partial charge in [0.2, 0.25) is 0 Å². The molecule has 0 radical (unpaired) electrons. The van der Waals surface area contributed by atoms with E-state index in [4.69, 9.17) is 33.2 Å². The van der Waals surface area contributed by atoms with E-state index in [0.717, 1.165) is 0 Å². The van der Waals surface area contributed by atoms with E-state index in [2.05, 4.69) is 13.8 Å². The highest BCUT2D eigenvalue weighted by Gasteiger charge is 2.53. The molecule has 6 N–H and O–H groups in total. The molecule has 0 aliphatic carbocycles. The number of hydrogen-bond donors (Lipinski definition) is 6. The van der Waals surface area contributed by atoms with Gasteiger partial charge in [0.1, 0.15) is 36.6 Å². The Morgan fingerprint density at radius 3 is 1.28 bits per heavy atom. The van der Waals surface area contributed by atoms with Crippen molar-refractivity contribution in [2.75, 3.05) is 0 Å². The fraction of sp³-hybridized carbons (Fsp3) is 1.00. The highest BCUT2D eigenvalue weighted by atomic mass is 16.7. The molecule has 0 amide bonds. The number of rotatable bonds is 10. The molecule has 270 valence electrons. The van der Waals surface area contributed by atoms with Crippen molar-refractivity contribution in [3.05, 3.63) is 0 Å². The molecule has 0 aromatic rings. The van der Waals surface area contributed by atoms with Gasteiger partial charge < -0.3 is 63.8 Å². The van der Waals surface area contributed by atoms with Gasteiger partial charge in [-0.05, 0) is 32.1 Å². The van der Waals surface area contributed by atoms with Gasteiger partial charge in [-0.3, -0.25) is 0 Å². The highest BCUT2D eigenvalue weighted by molar-refractivity contribution is 4.96. The lowest BCUT2D eigenvalue weighted by Gasteiger charge is -2.50. The zero-order chi connectivity index (χ0) is 34.2. The molecule has 20 unspecified atom stereocenters. The Labute approximate surface area is 273 Å². The number of ether oxygens (including phenoxy) is 7. The molecule has 0 aromatic heterocycles. The summed E-state index contributed by atoms with van der Waals surface area (Å²) in [4.78, 5) is 0. The van der Waals surface area contributed by atoms with Crippen LogP contribution in [0.4, 0.5) is 0 Å². The third-order valence-electron chi connectivity index (χ3n) is 10.6. The maximum atomic E-state index is 11.6. The molecule has 13 heteroatoms. The van der Waals surface area contributed by atoms with Gasteiger partial charge in [-0.2, -0.15) is 0 Å². The number of aliphatic hydroxyl groups is 6. The van der Waals surface area contributed by atoms with Crippen LogP contribution in [0.5, 0.6) is 0 Å². The summed E-state index contributed by atoms with van der Waals surface area (Å²) in [6.07, 6.45) is -13.4. The van der Waals surface area contributed by atoms with Crippen LogP contribution in [-0.2, 0) is 33.2 Å². The molecular formula is C33H60O13. The lowest BCUT2D eigenvalue weighted by molar-refractivity contribution is -0.371. The lowest BCUT2D eigenvalue weighted by Crippen LogP contribution is -2.63. The van der Waals surface area contributed by atoms with Crippen molar-refractivity contribution in [1.82, 2.24) is 0 Å². The third-order valence-corrected chi connectivity index (χ3v) is 10.6. The van der Waals surface area contributed by atoms with Gasteiger partial charge in [-0.15, -0.1) is 0 Å². The standard InChI is InChI=1S/C33H60O13/c1-10-18-28(21(34)14(6)27(41-18)13(4)5)44-31-15(7)22(35)29(19(11-2)42-31)45-32-16(8)23(36)30(20(12-3)43-32)46-33-26(39)25(38)24(37)17(9)40-33/h13-39H,10-12H2,1-9H3. The summed E-state index contributed by atoms with van der Waals surface area (Å²) in [7, 11) is 0. The predicted octanol–water partition coefficient (Wildman–Crippen LogP) is 1.06. The van der Waals surface area contributed by atoms with Gasteiger partial charge in [0.15, 0.2) is 18.9 Å². The Morgan fingerprint density at radius 1 is 0.478 bits per heavy atom. The van der Waals surface area contributed by atoms with Crippen LogP contribution < -0.4 is 0 Å². The van der Waals surface area contributed by atoms with Crippen LogP contribution in [0.15, 0.2) is 0 Å². The van der Waals surface area contributed by atoms with Crippen LogP contribution in [0.2, 0.25) is 0 Å². The smallest absolute Gasteiger partial charge is 0.187 e. The molecule has 20 atom stereocenters. The Balaban J connectivity index is 1.43. The van der Waals surface area contributed by atoms with Crippen molar-refractivity contribution < 1.29 is 63.8 Å². The van der Waals surface area contributed by atoms with E-state index < -0.39 is 104 Å². The van der Waals surface area contributed by atoms with Gasteiger partial charge >= 0.3 is 0 Å². The van der Waals surface area contributed by atoms with Crippen molar-refractivity contribution in [3.8, 4) is 0 Å². The molecular weight excluding hydrogens is 604 g/mol. The van der Waals surface area contributed by atoms with E-state index in [1.807, 2.05) is 34.6 Å². The maximum absolute atomic E-state index is 11.6. The molecule has 0 bridgehead atoms. The van der Waals surface area contributed by atoms with Gasteiger partial charge in [0.05, 0.1) is 48.8 Å². The normalized spacial score (nSPS) is 52.2. The number of hydrogen-bond acceptors (Lipinski definition) is 13. The summed E-state index contributed by atoms with van der Waals surface area (Å²) in [6, 6.07) is 0. The van der Waals surface area contributed by atoms with E-state index in [1.54, 1.807) is 13.8 Å². The molecule has 4 saturated heterocycles. The molecule has 4 rings (SSSR count). The van der Waals surface area contributed by atoms with Crippen molar-refractivity contribution in [1.29, 1.82) is 0 Å². The molecule has 4 aliphatic heterocycles. The Hall–Kier alpha value is -0.520. The SMILES string of the molecule is CCC1OC(OC2C(CC)OC(C(C)C)C(C)C2O)C(C)C(O)C1OC1OC(CC)C(OC2OC(C)C(O)C(O)C2O)C(O)C1C. The quantitative estimate of drug-likeness (QED) is 0.195. The van der Waals surface area contributed by atoms with Crippen LogP contribution in [0.1, 0.15) is 81.6 Å². The second-order valence-corrected chi connectivity index (χ2v) is 14.2. The first kappa shape index (κ1) is 38.3. The first-order valence-electron chi connectivity index (χ1n) is 17.3. The highest BCUT2D eigenvalue weighted by Crippen LogP contribution is 2.39. The average molecular weight is 665 g/mol. The molecule has 4 fully saturated rings. The van der Waals surface area contributed by atoms with E-state index in [1.165, 1.54) is 0 Å². The molecule has 46 heavy (non-hydrogen) atoms. The summed E-state index contributed by atoms with van der Waals surface area (Å²) in [5, 5.41) is 64.9. The Kier molecular flexibility index (Phi) is 13.3. The Bertz CT molecular complexity index is 935. The van der Waals surface area contributed by atoms with Gasteiger partial charge in [0, 0.05) is 17.8 Å². The monoisotopic (exact) mass is 664 g/mol. The van der Waals surface area contributed by atoms with E-state index in [-0.39, 0.29) is 24.0 Å². The van der Waals surface area contributed by atoms with Crippen LogP contribution in [0.3, 0.4) is 0 Å². The zero-order valence-corrected chi connectivity index (χ0v) is 28.8. The fourth-order valence-electron chi connectivity index (χ4n) is 7.38. The van der Waals surface area contributed by atoms with Crippen molar-refractivity contribution in [3.63, 3.8) is 0 Å². The lowest BCUT2D eigenvalue weighted by atomic mass is 9.82. The number of aliphatic hydroxyl groups excluding tert-OH is 6. The first-order chi connectivity index (χ1) is 21.7. The fourth-order valence-corrected chi connectivity index (χ4v) is 7.38. The van der Waals surface area contributed by atoms with Crippen LogP contribution in [-0.4, -0.2) is 135 Å². The van der Waals surface area contributed by atoms with Gasteiger partial charge in [-0.1, -0.05) is 55.4 Å². The molecule has 0 saturated carbocycles. The topological polar surface area (TPSA) is 186 Å².